The van der Waals surface area contributed by atoms with Crippen LogP contribution in [-0.4, -0.2) is 24.1 Å². The molecule has 0 bridgehead atoms. The van der Waals surface area contributed by atoms with Crippen LogP contribution in [0.1, 0.15) is 0 Å². The van der Waals surface area contributed by atoms with E-state index in [0.717, 1.165) is 44.5 Å². The number of hydrogen-bond acceptors (Lipinski definition) is 3. The van der Waals surface area contributed by atoms with Gasteiger partial charge < -0.3 is 9.13 Å². The first-order valence-corrected chi connectivity index (χ1v) is 18.2. The molecule has 0 atom stereocenters. The number of hydrogen-bond donors (Lipinski definition) is 0. The summed E-state index contributed by atoms with van der Waals surface area (Å²) < 4.78 is 4.77. The molecule has 0 amide bonds. The van der Waals surface area contributed by atoms with Gasteiger partial charge in [-0.3, -0.25) is 0 Å². The summed E-state index contributed by atoms with van der Waals surface area (Å²) in [5.41, 5.74) is 9.77. The first-order valence-electron chi connectivity index (χ1n) is 18.2. The molecule has 0 fully saturated rings. The van der Waals surface area contributed by atoms with Crippen molar-refractivity contribution >= 4 is 54.4 Å². The molecule has 5 nitrogen and oxygen atoms in total. The van der Waals surface area contributed by atoms with E-state index in [9.17, 15) is 0 Å². The van der Waals surface area contributed by atoms with Gasteiger partial charge in [0.25, 0.3) is 0 Å². The summed E-state index contributed by atoms with van der Waals surface area (Å²) in [6, 6.07) is 66.2. The number of para-hydroxylation sites is 3. The molecule has 0 unspecified atom stereocenters. The van der Waals surface area contributed by atoms with Crippen LogP contribution in [0.3, 0.4) is 0 Å². The molecule has 0 spiro atoms. The summed E-state index contributed by atoms with van der Waals surface area (Å²) >= 11 is 0. The fourth-order valence-electron chi connectivity index (χ4n) is 8.09. The Bertz CT molecular complexity index is 3200. The highest BCUT2D eigenvalue weighted by Gasteiger charge is 2.20. The van der Waals surface area contributed by atoms with Crippen molar-refractivity contribution in [1.82, 2.24) is 24.1 Å². The molecule has 0 saturated heterocycles. The maximum atomic E-state index is 5.06. The number of rotatable bonds is 5. The Balaban J connectivity index is 1.09. The van der Waals surface area contributed by atoms with Gasteiger partial charge in [-0.05, 0) is 77.5 Å². The van der Waals surface area contributed by atoms with Gasteiger partial charge in [0.15, 0.2) is 17.5 Å². The van der Waals surface area contributed by atoms with Gasteiger partial charge in [-0.2, -0.15) is 0 Å². The summed E-state index contributed by atoms with van der Waals surface area (Å²) in [5.74, 6) is 1.93. The van der Waals surface area contributed by atoms with E-state index in [2.05, 4.69) is 167 Å². The van der Waals surface area contributed by atoms with Gasteiger partial charge in [0.2, 0.25) is 0 Å². The Morgan fingerprint density at radius 2 is 0.741 bits per heavy atom. The van der Waals surface area contributed by atoms with Gasteiger partial charge in [0.05, 0.1) is 22.1 Å². The van der Waals surface area contributed by atoms with Crippen molar-refractivity contribution in [2.24, 2.45) is 0 Å². The van der Waals surface area contributed by atoms with Gasteiger partial charge in [0, 0.05) is 49.6 Å². The number of aromatic nitrogens is 5. The maximum Gasteiger partial charge on any atom is 0.164 e. The van der Waals surface area contributed by atoms with Gasteiger partial charge in [-0.1, -0.05) is 121 Å². The normalized spacial score (nSPS) is 11.7. The lowest BCUT2D eigenvalue weighted by atomic mass is 10.1. The summed E-state index contributed by atoms with van der Waals surface area (Å²) in [5, 5.41) is 7.31. The number of fused-ring (bicyclic) bond motifs is 8. The highest BCUT2D eigenvalue weighted by Crippen LogP contribution is 2.42. The molecule has 11 aromatic rings. The molecule has 0 aliphatic rings. The molecule has 5 heteroatoms. The van der Waals surface area contributed by atoms with Crippen LogP contribution >= 0.6 is 0 Å². The van der Waals surface area contributed by atoms with Gasteiger partial charge in [-0.15, -0.1) is 0 Å². The largest absolute Gasteiger partial charge is 0.309 e. The molecule has 3 aromatic heterocycles. The molecular weight excluding hydrogens is 659 g/mol. The fraction of sp³-hybridized carbons (Fsp3) is 0. The van der Waals surface area contributed by atoms with Crippen molar-refractivity contribution < 1.29 is 0 Å². The first kappa shape index (κ1) is 30.3. The molecule has 54 heavy (non-hydrogen) atoms. The fourth-order valence-corrected chi connectivity index (χ4v) is 8.09. The van der Waals surface area contributed by atoms with Crippen LogP contribution in [-0.2, 0) is 0 Å². The second-order valence-electron chi connectivity index (χ2n) is 13.7. The van der Waals surface area contributed by atoms with Crippen LogP contribution in [0.25, 0.3) is 99.9 Å². The molecule has 8 aromatic carbocycles. The Morgan fingerprint density at radius 1 is 0.296 bits per heavy atom. The number of nitrogens with zero attached hydrogens (tertiary/aromatic N) is 5. The molecule has 0 aliphatic heterocycles. The summed E-state index contributed by atoms with van der Waals surface area (Å²) in [6.45, 7) is 0. The van der Waals surface area contributed by atoms with Gasteiger partial charge in [-0.25, -0.2) is 15.0 Å². The predicted molar refractivity (Wildman–Crippen MR) is 222 cm³/mol. The third-order valence-electron chi connectivity index (χ3n) is 10.5. The molecule has 0 saturated carbocycles. The standard InChI is InChI=1S/C49H31N5/c1-3-14-33(15-4-1)47-50-48(52-49(51-47)36-24-23-32-13-7-8-16-35(32)31-36)34-25-27-38(28-26-34)54-42-22-12-10-20-40(42)46-44(54)30-29-43-45(46)39-19-9-11-21-41(39)53(43)37-17-5-2-6-18-37/h1-31H. The second kappa shape index (κ2) is 12.1. The lowest BCUT2D eigenvalue weighted by Crippen LogP contribution is -2.00. The molecule has 0 N–H and O–H groups in total. The van der Waals surface area contributed by atoms with Crippen molar-refractivity contribution in [3.63, 3.8) is 0 Å². The van der Waals surface area contributed by atoms with E-state index in [1.807, 2.05) is 30.3 Å². The highest BCUT2D eigenvalue weighted by atomic mass is 15.0. The monoisotopic (exact) mass is 689 g/mol. The first-order chi connectivity index (χ1) is 26.8. The summed E-state index contributed by atoms with van der Waals surface area (Å²) in [6.07, 6.45) is 0. The zero-order valence-corrected chi connectivity index (χ0v) is 29.1. The Morgan fingerprint density at radius 3 is 1.35 bits per heavy atom. The molecule has 252 valence electrons. The van der Waals surface area contributed by atoms with E-state index in [0.29, 0.717) is 17.5 Å². The molecular formula is C49H31N5. The third kappa shape index (κ3) is 4.76. The zero-order valence-electron chi connectivity index (χ0n) is 29.1. The average molecular weight is 690 g/mol. The van der Waals surface area contributed by atoms with Gasteiger partial charge >= 0.3 is 0 Å². The Labute approximate surface area is 311 Å². The van der Waals surface area contributed by atoms with Crippen molar-refractivity contribution in [2.75, 3.05) is 0 Å². The van der Waals surface area contributed by atoms with Crippen molar-refractivity contribution in [3.8, 4) is 45.5 Å². The van der Waals surface area contributed by atoms with E-state index >= 15 is 0 Å². The van der Waals surface area contributed by atoms with Crippen LogP contribution in [0.2, 0.25) is 0 Å². The Hall–Kier alpha value is -7.37. The minimum atomic E-state index is 0.635. The SMILES string of the molecule is c1ccc(-c2nc(-c3ccc(-n4c5ccccc5c5c6c7ccccc7n(-c7ccccc7)c6ccc54)cc3)nc(-c3ccc4ccccc4c3)n2)cc1. The van der Waals surface area contributed by atoms with E-state index in [1.165, 1.54) is 38.0 Å². The lowest BCUT2D eigenvalue weighted by Gasteiger charge is -2.11. The molecule has 3 heterocycles. The van der Waals surface area contributed by atoms with E-state index in [-0.39, 0.29) is 0 Å². The van der Waals surface area contributed by atoms with Crippen molar-refractivity contribution in [3.05, 3.63) is 188 Å². The van der Waals surface area contributed by atoms with Crippen LogP contribution in [0.4, 0.5) is 0 Å². The van der Waals surface area contributed by atoms with E-state index in [1.54, 1.807) is 0 Å². The predicted octanol–water partition coefficient (Wildman–Crippen LogP) is 12.2. The van der Waals surface area contributed by atoms with E-state index in [4.69, 9.17) is 15.0 Å². The minimum absolute atomic E-state index is 0.635. The maximum absolute atomic E-state index is 5.06. The zero-order chi connectivity index (χ0) is 35.6. The molecule has 0 aliphatic carbocycles. The summed E-state index contributed by atoms with van der Waals surface area (Å²) in [7, 11) is 0. The van der Waals surface area contributed by atoms with Crippen molar-refractivity contribution in [1.29, 1.82) is 0 Å². The number of benzene rings is 8. The minimum Gasteiger partial charge on any atom is -0.309 e. The van der Waals surface area contributed by atoms with Crippen LogP contribution < -0.4 is 0 Å². The second-order valence-corrected chi connectivity index (χ2v) is 13.7. The van der Waals surface area contributed by atoms with Crippen molar-refractivity contribution in [2.45, 2.75) is 0 Å². The molecule has 11 rings (SSSR count). The Kier molecular flexibility index (Phi) is 6.79. The smallest absolute Gasteiger partial charge is 0.164 e. The third-order valence-corrected chi connectivity index (χ3v) is 10.5. The summed E-state index contributed by atoms with van der Waals surface area (Å²) in [4.78, 5) is 15.0. The lowest BCUT2D eigenvalue weighted by molar-refractivity contribution is 1.07. The van der Waals surface area contributed by atoms with Crippen LogP contribution in [0.5, 0.6) is 0 Å². The van der Waals surface area contributed by atoms with Gasteiger partial charge in [0.1, 0.15) is 0 Å². The average Bonchev–Trinajstić information content (AvgIpc) is 3.77. The van der Waals surface area contributed by atoms with E-state index < -0.39 is 0 Å². The van der Waals surface area contributed by atoms with Crippen LogP contribution in [0.15, 0.2) is 188 Å². The highest BCUT2D eigenvalue weighted by molar-refractivity contribution is 6.28. The topological polar surface area (TPSA) is 48.5 Å². The quantitative estimate of drug-likeness (QED) is 0.181. The molecule has 0 radical (unpaired) electrons. The van der Waals surface area contributed by atoms with Crippen LogP contribution in [0, 0.1) is 0 Å².